The molecule has 1 aromatic carbocycles. The topological polar surface area (TPSA) is 51.8 Å². The molecule has 8 heteroatoms. The van der Waals surface area contributed by atoms with Gasteiger partial charge < -0.3 is 5.73 Å². The van der Waals surface area contributed by atoms with Crippen LogP contribution in [-0.4, -0.2) is 10.2 Å². The van der Waals surface area contributed by atoms with Gasteiger partial charge in [0, 0.05) is 11.4 Å². The van der Waals surface area contributed by atoms with Crippen LogP contribution >= 0.6 is 23.1 Å². The van der Waals surface area contributed by atoms with Gasteiger partial charge in [-0.25, -0.2) is 0 Å². The molecule has 0 amide bonds. The molecule has 2 rings (SSSR count). The predicted molar refractivity (Wildman–Crippen MR) is 68.1 cm³/mol. The molecule has 0 saturated heterocycles. The number of rotatable bonds is 3. The van der Waals surface area contributed by atoms with Crippen LogP contribution in [0.2, 0.25) is 0 Å². The van der Waals surface area contributed by atoms with E-state index in [9.17, 15) is 13.2 Å². The van der Waals surface area contributed by atoms with Gasteiger partial charge in [0.2, 0.25) is 0 Å². The van der Waals surface area contributed by atoms with E-state index in [1.54, 1.807) is 0 Å². The number of aromatic nitrogens is 2. The number of nitrogens with zero attached hydrogens (tertiary/aromatic N) is 2. The van der Waals surface area contributed by atoms with Crippen molar-refractivity contribution < 1.29 is 13.2 Å². The zero-order valence-corrected chi connectivity index (χ0v) is 11.5. The highest BCUT2D eigenvalue weighted by molar-refractivity contribution is 8.01. The Kier molecular flexibility index (Phi) is 4.12. The van der Waals surface area contributed by atoms with E-state index >= 15 is 0 Å². The molecule has 0 atom stereocenters. The summed E-state index contributed by atoms with van der Waals surface area (Å²) in [6.45, 7) is 1.86. The van der Waals surface area contributed by atoms with Crippen molar-refractivity contribution in [2.45, 2.75) is 28.9 Å². The third kappa shape index (κ3) is 3.46. The number of hydrogen-bond acceptors (Lipinski definition) is 5. The lowest BCUT2D eigenvalue weighted by Crippen LogP contribution is -2.07. The van der Waals surface area contributed by atoms with E-state index in [1.165, 1.54) is 29.2 Å². The van der Waals surface area contributed by atoms with Crippen molar-refractivity contribution in [2.24, 2.45) is 5.73 Å². The average molecular weight is 305 g/mol. The Balaban J connectivity index is 2.31. The number of hydrogen-bond donors (Lipinski definition) is 1. The van der Waals surface area contributed by atoms with Gasteiger partial charge in [0.25, 0.3) is 0 Å². The van der Waals surface area contributed by atoms with E-state index in [4.69, 9.17) is 5.73 Å². The third-order valence-corrected chi connectivity index (χ3v) is 4.32. The summed E-state index contributed by atoms with van der Waals surface area (Å²) in [5.74, 6) is 0. The Morgan fingerprint density at radius 1 is 1.32 bits per heavy atom. The monoisotopic (exact) mass is 305 g/mol. The first-order valence-corrected chi connectivity index (χ1v) is 6.91. The molecule has 102 valence electrons. The maximum absolute atomic E-state index is 12.6. The molecule has 0 saturated carbocycles. The van der Waals surface area contributed by atoms with Crippen LogP contribution in [-0.2, 0) is 12.7 Å². The molecular formula is C11H10F3N3S2. The number of alkyl halides is 3. The van der Waals surface area contributed by atoms with Crippen molar-refractivity contribution >= 4 is 23.1 Å². The van der Waals surface area contributed by atoms with Crippen LogP contribution in [0.4, 0.5) is 13.2 Å². The van der Waals surface area contributed by atoms with Crippen LogP contribution in [0.15, 0.2) is 27.4 Å². The predicted octanol–water partition coefficient (Wildman–Crippen LogP) is 3.48. The molecule has 3 nitrogen and oxygen atoms in total. The Morgan fingerprint density at radius 2 is 2.05 bits per heavy atom. The zero-order valence-electron chi connectivity index (χ0n) is 9.86. The van der Waals surface area contributed by atoms with E-state index < -0.39 is 11.7 Å². The summed E-state index contributed by atoms with van der Waals surface area (Å²) in [4.78, 5) is 0.673. The maximum atomic E-state index is 12.6. The Hall–Kier alpha value is -1.12. The van der Waals surface area contributed by atoms with Crippen molar-refractivity contribution in [3.05, 3.63) is 34.3 Å². The van der Waals surface area contributed by atoms with Crippen LogP contribution in [0.1, 0.15) is 16.1 Å². The second-order valence-electron chi connectivity index (χ2n) is 3.71. The molecule has 0 radical (unpaired) electrons. The summed E-state index contributed by atoms with van der Waals surface area (Å²) < 4.78 is 38.5. The van der Waals surface area contributed by atoms with Gasteiger partial charge in [0.15, 0.2) is 4.34 Å². The van der Waals surface area contributed by atoms with E-state index in [0.717, 1.165) is 17.1 Å². The molecule has 0 aliphatic rings. The van der Waals surface area contributed by atoms with Crippen molar-refractivity contribution in [1.82, 2.24) is 10.2 Å². The number of aryl methyl sites for hydroxylation is 1. The molecule has 1 heterocycles. The van der Waals surface area contributed by atoms with Crippen LogP contribution < -0.4 is 5.73 Å². The maximum Gasteiger partial charge on any atom is 0.416 e. The second kappa shape index (κ2) is 5.48. The minimum Gasteiger partial charge on any atom is -0.326 e. The molecule has 0 unspecified atom stereocenters. The minimum absolute atomic E-state index is 0.0457. The Bertz CT molecular complexity index is 581. The molecule has 0 aliphatic carbocycles. The lowest BCUT2D eigenvalue weighted by atomic mass is 10.1. The van der Waals surface area contributed by atoms with E-state index in [2.05, 4.69) is 10.2 Å². The molecule has 0 aliphatic heterocycles. The van der Waals surface area contributed by atoms with Gasteiger partial charge in [-0.1, -0.05) is 23.1 Å². The quantitative estimate of drug-likeness (QED) is 0.943. The van der Waals surface area contributed by atoms with Gasteiger partial charge >= 0.3 is 6.18 Å². The van der Waals surface area contributed by atoms with Gasteiger partial charge in [0.05, 0.1) is 5.56 Å². The number of benzene rings is 1. The molecule has 0 bridgehead atoms. The fourth-order valence-electron chi connectivity index (χ4n) is 1.43. The summed E-state index contributed by atoms with van der Waals surface area (Å²) in [6, 6.07) is 3.55. The van der Waals surface area contributed by atoms with Crippen LogP contribution in [0.25, 0.3) is 0 Å². The molecule has 2 N–H and O–H groups in total. The van der Waals surface area contributed by atoms with E-state index in [1.807, 2.05) is 6.92 Å². The lowest BCUT2D eigenvalue weighted by molar-refractivity contribution is -0.137. The van der Waals surface area contributed by atoms with Gasteiger partial charge in [-0.15, -0.1) is 10.2 Å². The van der Waals surface area contributed by atoms with E-state index in [0.29, 0.717) is 14.8 Å². The van der Waals surface area contributed by atoms with Crippen LogP contribution in [0.3, 0.4) is 0 Å². The Morgan fingerprint density at radius 3 is 2.58 bits per heavy atom. The molecule has 0 spiro atoms. The van der Waals surface area contributed by atoms with Gasteiger partial charge in [-0.2, -0.15) is 13.2 Å². The lowest BCUT2D eigenvalue weighted by Gasteiger charge is -2.11. The fraction of sp³-hybridized carbons (Fsp3) is 0.273. The normalized spacial score (nSPS) is 11.8. The van der Waals surface area contributed by atoms with Crippen molar-refractivity contribution in [1.29, 1.82) is 0 Å². The second-order valence-corrected chi connectivity index (χ2v) is 6.18. The molecule has 1 aromatic heterocycles. The van der Waals surface area contributed by atoms with Crippen molar-refractivity contribution in [3.8, 4) is 0 Å². The van der Waals surface area contributed by atoms with Gasteiger partial charge in [-0.05, 0) is 30.7 Å². The first-order valence-electron chi connectivity index (χ1n) is 5.28. The van der Waals surface area contributed by atoms with Crippen LogP contribution in [0.5, 0.6) is 0 Å². The molecule has 2 aromatic rings. The van der Waals surface area contributed by atoms with Crippen molar-refractivity contribution in [3.63, 3.8) is 0 Å². The van der Waals surface area contributed by atoms with Crippen LogP contribution in [0, 0.1) is 6.92 Å². The smallest absolute Gasteiger partial charge is 0.326 e. The average Bonchev–Trinajstić information content (AvgIpc) is 2.74. The number of halogens is 3. The summed E-state index contributed by atoms with van der Waals surface area (Å²) in [5.41, 5.74) is 5.27. The first kappa shape index (κ1) is 14.3. The summed E-state index contributed by atoms with van der Waals surface area (Å²) in [6.07, 6.45) is -4.35. The highest BCUT2D eigenvalue weighted by Crippen LogP contribution is 2.36. The highest BCUT2D eigenvalue weighted by Gasteiger charge is 2.30. The molecular weight excluding hydrogens is 295 g/mol. The first-order chi connectivity index (χ1) is 8.90. The fourth-order valence-corrected chi connectivity index (χ4v) is 3.32. The Labute approximate surface area is 116 Å². The molecule has 19 heavy (non-hydrogen) atoms. The summed E-state index contributed by atoms with van der Waals surface area (Å²) in [7, 11) is 0. The number of nitrogens with two attached hydrogens (primary N) is 1. The van der Waals surface area contributed by atoms with Gasteiger partial charge in [0.1, 0.15) is 5.01 Å². The van der Waals surface area contributed by atoms with E-state index in [-0.39, 0.29) is 6.54 Å². The third-order valence-electron chi connectivity index (χ3n) is 2.31. The minimum atomic E-state index is -4.35. The summed E-state index contributed by atoms with van der Waals surface area (Å²) >= 11 is 2.67. The largest absolute Gasteiger partial charge is 0.416 e. The SMILES string of the molecule is Cc1nnc(Sc2ccc(C(F)(F)F)cc2CN)s1. The molecule has 0 fully saturated rings. The summed E-state index contributed by atoms with van der Waals surface area (Å²) in [5, 5.41) is 8.60. The highest BCUT2D eigenvalue weighted by atomic mass is 32.2. The standard InChI is InChI=1S/C11H10F3N3S2/c1-6-16-17-10(18-6)19-9-3-2-8(11(12,13)14)4-7(9)5-15/h2-4H,5,15H2,1H3. The zero-order chi connectivity index (χ0) is 14.0. The van der Waals surface area contributed by atoms with Gasteiger partial charge in [-0.3, -0.25) is 0 Å². The van der Waals surface area contributed by atoms with Crippen molar-refractivity contribution in [2.75, 3.05) is 0 Å².